The van der Waals surface area contributed by atoms with Crippen LogP contribution < -0.4 is 0 Å². The molecule has 0 rings (SSSR count). The number of nitrogens with zero attached hydrogens (tertiary/aromatic N) is 1. The van der Waals surface area contributed by atoms with Gasteiger partial charge in [-0.15, -0.1) is 0 Å². The molecule has 0 fully saturated rings. The highest BCUT2D eigenvalue weighted by Gasteiger charge is 2.10. The number of hydrogen-bond acceptors (Lipinski definition) is 3. The van der Waals surface area contributed by atoms with Crippen LogP contribution in [0.15, 0.2) is 12.2 Å². The van der Waals surface area contributed by atoms with Gasteiger partial charge in [0.15, 0.2) is 0 Å². The van der Waals surface area contributed by atoms with E-state index in [0.29, 0.717) is 12.6 Å². The Labute approximate surface area is 106 Å². The van der Waals surface area contributed by atoms with Crippen molar-refractivity contribution in [1.29, 1.82) is 0 Å². The van der Waals surface area contributed by atoms with Gasteiger partial charge in [0.2, 0.25) is 0 Å². The molecular weight excluding hydrogens is 214 g/mol. The van der Waals surface area contributed by atoms with Crippen molar-refractivity contribution in [3.8, 4) is 0 Å². The lowest BCUT2D eigenvalue weighted by atomic mass is 10.2. The Morgan fingerprint density at radius 1 is 1.35 bits per heavy atom. The molecule has 17 heavy (non-hydrogen) atoms. The molecule has 1 atom stereocenters. The van der Waals surface area contributed by atoms with Gasteiger partial charge in [0.1, 0.15) is 0 Å². The summed E-state index contributed by atoms with van der Waals surface area (Å²) >= 11 is 0. The number of carbonyl (C=O) groups is 1. The van der Waals surface area contributed by atoms with Crippen LogP contribution in [0.1, 0.15) is 47.0 Å². The molecule has 0 saturated carbocycles. The largest absolute Gasteiger partial charge is 0.462 e. The minimum absolute atomic E-state index is 0.238. The third-order valence-corrected chi connectivity index (χ3v) is 2.86. The van der Waals surface area contributed by atoms with Gasteiger partial charge in [-0.2, -0.15) is 0 Å². The number of carbonyl (C=O) groups excluding carboxylic acids is 1. The minimum Gasteiger partial charge on any atom is -0.462 e. The molecule has 0 spiro atoms. The highest BCUT2D eigenvalue weighted by Crippen LogP contribution is 2.05. The Bertz CT molecular complexity index is 226. The molecule has 3 nitrogen and oxygen atoms in total. The monoisotopic (exact) mass is 241 g/mol. The molecule has 3 heteroatoms. The SMILES string of the molecule is C/C=C/C(=O)OCCCN(CCC)C(C)CC. The minimum atomic E-state index is -0.238. The van der Waals surface area contributed by atoms with E-state index in [0.717, 1.165) is 19.5 Å². The van der Waals surface area contributed by atoms with Crippen molar-refractivity contribution in [2.45, 2.75) is 53.0 Å². The summed E-state index contributed by atoms with van der Waals surface area (Å²) in [5, 5.41) is 0. The van der Waals surface area contributed by atoms with Gasteiger partial charge in [-0.3, -0.25) is 0 Å². The zero-order valence-electron chi connectivity index (χ0n) is 11.7. The molecule has 0 bridgehead atoms. The van der Waals surface area contributed by atoms with Crippen LogP contribution in [0.3, 0.4) is 0 Å². The summed E-state index contributed by atoms with van der Waals surface area (Å²) in [5.41, 5.74) is 0. The van der Waals surface area contributed by atoms with Crippen molar-refractivity contribution < 1.29 is 9.53 Å². The van der Waals surface area contributed by atoms with E-state index < -0.39 is 0 Å². The summed E-state index contributed by atoms with van der Waals surface area (Å²) in [6, 6.07) is 0.612. The molecule has 0 N–H and O–H groups in total. The van der Waals surface area contributed by atoms with Crippen LogP contribution in [0.25, 0.3) is 0 Å². The normalized spacial score (nSPS) is 13.2. The fourth-order valence-corrected chi connectivity index (χ4v) is 1.72. The fraction of sp³-hybridized carbons (Fsp3) is 0.786. The maximum absolute atomic E-state index is 11.1. The van der Waals surface area contributed by atoms with Crippen molar-refractivity contribution >= 4 is 5.97 Å². The van der Waals surface area contributed by atoms with Gasteiger partial charge in [0.05, 0.1) is 6.61 Å². The van der Waals surface area contributed by atoms with Crippen LogP contribution in [0.5, 0.6) is 0 Å². The van der Waals surface area contributed by atoms with E-state index in [1.54, 1.807) is 6.08 Å². The molecule has 0 aromatic heterocycles. The molecule has 0 aliphatic rings. The second-order valence-electron chi connectivity index (χ2n) is 4.31. The average Bonchev–Trinajstić information content (AvgIpc) is 2.32. The number of ether oxygens (including phenoxy) is 1. The van der Waals surface area contributed by atoms with Crippen molar-refractivity contribution in [3.63, 3.8) is 0 Å². The molecule has 0 saturated heterocycles. The molecule has 0 heterocycles. The van der Waals surface area contributed by atoms with Crippen LogP contribution in [0.4, 0.5) is 0 Å². The maximum Gasteiger partial charge on any atom is 0.330 e. The lowest BCUT2D eigenvalue weighted by molar-refractivity contribution is -0.137. The number of hydrogen-bond donors (Lipinski definition) is 0. The van der Waals surface area contributed by atoms with Crippen LogP contribution in [0.2, 0.25) is 0 Å². The van der Waals surface area contributed by atoms with Gasteiger partial charge < -0.3 is 9.64 Å². The summed E-state index contributed by atoms with van der Waals surface area (Å²) in [7, 11) is 0. The highest BCUT2D eigenvalue weighted by molar-refractivity contribution is 5.81. The Morgan fingerprint density at radius 3 is 2.59 bits per heavy atom. The van der Waals surface area contributed by atoms with Gasteiger partial charge in [-0.05, 0) is 39.7 Å². The predicted octanol–water partition coefficient (Wildman–Crippen LogP) is 3.01. The van der Waals surface area contributed by atoms with E-state index in [1.165, 1.54) is 18.9 Å². The topological polar surface area (TPSA) is 29.5 Å². The third-order valence-electron chi connectivity index (χ3n) is 2.86. The van der Waals surface area contributed by atoms with Crippen molar-refractivity contribution in [1.82, 2.24) is 4.90 Å². The number of rotatable bonds is 9. The number of allylic oxidation sites excluding steroid dienone is 1. The van der Waals surface area contributed by atoms with Crippen molar-refractivity contribution in [2.75, 3.05) is 19.7 Å². The van der Waals surface area contributed by atoms with Gasteiger partial charge in [-0.1, -0.05) is 19.9 Å². The zero-order valence-corrected chi connectivity index (χ0v) is 11.7. The second-order valence-corrected chi connectivity index (χ2v) is 4.31. The molecule has 0 radical (unpaired) electrons. The van der Waals surface area contributed by atoms with Gasteiger partial charge in [0, 0.05) is 18.7 Å². The molecule has 0 amide bonds. The lowest BCUT2D eigenvalue weighted by Crippen LogP contribution is -2.34. The van der Waals surface area contributed by atoms with Crippen molar-refractivity contribution in [3.05, 3.63) is 12.2 Å². The summed E-state index contributed by atoms with van der Waals surface area (Å²) in [6.45, 7) is 11.1. The van der Waals surface area contributed by atoms with Gasteiger partial charge in [0.25, 0.3) is 0 Å². The Kier molecular flexibility index (Phi) is 9.83. The Balaban J connectivity index is 3.78. The lowest BCUT2D eigenvalue weighted by Gasteiger charge is -2.27. The van der Waals surface area contributed by atoms with Crippen LogP contribution >= 0.6 is 0 Å². The molecule has 1 unspecified atom stereocenters. The van der Waals surface area contributed by atoms with Crippen LogP contribution in [-0.2, 0) is 9.53 Å². The summed E-state index contributed by atoms with van der Waals surface area (Å²) in [5.74, 6) is -0.238. The first-order valence-electron chi connectivity index (χ1n) is 6.69. The van der Waals surface area contributed by atoms with E-state index in [9.17, 15) is 4.79 Å². The first-order valence-corrected chi connectivity index (χ1v) is 6.69. The molecule has 0 aromatic rings. The van der Waals surface area contributed by atoms with E-state index in [2.05, 4.69) is 25.7 Å². The van der Waals surface area contributed by atoms with E-state index in [1.807, 2.05) is 6.92 Å². The Hall–Kier alpha value is -0.830. The predicted molar refractivity (Wildman–Crippen MR) is 72.0 cm³/mol. The standard InChI is InChI=1S/C14H27NO2/c1-5-9-14(16)17-12-8-11-15(10-6-2)13(4)7-3/h5,9,13H,6-8,10-12H2,1-4H3/b9-5+. The first-order chi connectivity index (χ1) is 8.15. The fourth-order valence-electron chi connectivity index (χ4n) is 1.72. The molecule has 100 valence electrons. The smallest absolute Gasteiger partial charge is 0.330 e. The van der Waals surface area contributed by atoms with Gasteiger partial charge >= 0.3 is 5.97 Å². The van der Waals surface area contributed by atoms with Crippen molar-refractivity contribution in [2.24, 2.45) is 0 Å². The molecule has 0 aliphatic carbocycles. The molecule has 0 aliphatic heterocycles. The second kappa shape index (κ2) is 10.3. The highest BCUT2D eigenvalue weighted by atomic mass is 16.5. The van der Waals surface area contributed by atoms with Crippen LogP contribution in [-0.4, -0.2) is 36.6 Å². The number of esters is 1. The Morgan fingerprint density at radius 2 is 2.06 bits per heavy atom. The average molecular weight is 241 g/mol. The third kappa shape index (κ3) is 7.97. The summed E-state index contributed by atoms with van der Waals surface area (Å²) in [4.78, 5) is 13.5. The quantitative estimate of drug-likeness (QED) is 0.353. The van der Waals surface area contributed by atoms with Crippen LogP contribution in [0, 0.1) is 0 Å². The van der Waals surface area contributed by atoms with E-state index >= 15 is 0 Å². The maximum atomic E-state index is 11.1. The molecular formula is C14H27NO2. The molecule has 0 aromatic carbocycles. The first kappa shape index (κ1) is 16.2. The summed E-state index contributed by atoms with van der Waals surface area (Å²) in [6.07, 6.45) is 6.40. The van der Waals surface area contributed by atoms with Gasteiger partial charge in [-0.25, -0.2) is 4.79 Å². The zero-order chi connectivity index (χ0) is 13.1. The summed E-state index contributed by atoms with van der Waals surface area (Å²) < 4.78 is 5.07. The van der Waals surface area contributed by atoms with E-state index in [4.69, 9.17) is 4.74 Å². The van der Waals surface area contributed by atoms with E-state index in [-0.39, 0.29) is 5.97 Å².